The van der Waals surface area contributed by atoms with Crippen LogP contribution in [0.5, 0.6) is 0 Å². The third kappa shape index (κ3) is 8.26. The minimum atomic E-state index is -2.84. The van der Waals surface area contributed by atoms with Crippen LogP contribution < -0.4 is 10.6 Å². The molecule has 2 amide bonds. The van der Waals surface area contributed by atoms with E-state index in [-0.39, 0.29) is 0 Å². The number of aliphatic carboxylic acids is 1. The predicted molar refractivity (Wildman–Crippen MR) is 142 cm³/mol. The molecule has 16 atom stereocenters. The molecule has 3 aliphatic heterocycles. The van der Waals surface area contributed by atoms with Crippen molar-refractivity contribution in [2.45, 2.75) is 118 Å². The zero-order valence-corrected chi connectivity index (χ0v) is 24.7. The number of aliphatic hydroxyl groups excluding tert-OH is 10. The Hall–Kier alpha value is -2.19. The molecule has 266 valence electrons. The molecule has 3 heterocycles. The van der Waals surface area contributed by atoms with Gasteiger partial charge in [-0.05, 0) is 0 Å². The predicted octanol–water partition coefficient (Wildman–Crippen LogP) is -8.08. The van der Waals surface area contributed by atoms with Gasteiger partial charge in [-0.3, -0.25) is 9.59 Å². The summed E-state index contributed by atoms with van der Waals surface area (Å²) in [6, 6.07) is -2.96. The number of ether oxygens (including phenoxy) is 5. The summed E-state index contributed by atoms with van der Waals surface area (Å²) in [6.07, 6.45) is -24.9. The van der Waals surface area contributed by atoms with E-state index in [1.54, 1.807) is 0 Å². The number of aliphatic hydroxyl groups is 10. The van der Waals surface area contributed by atoms with Crippen molar-refractivity contribution in [2.75, 3.05) is 19.8 Å². The Labute approximate surface area is 260 Å². The van der Waals surface area contributed by atoms with Gasteiger partial charge in [-0.2, -0.15) is 0 Å². The van der Waals surface area contributed by atoms with E-state index in [0.29, 0.717) is 0 Å². The zero-order chi connectivity index (χ0) is 34.7. The Morgan fingerprint density at radius 1 is 0.870 bits per heavy atom. The lowest BCUT2D eigenvalue weighted by Crippen LogP contribution is -2.69. The van der Waals surface area contributed by atoms with Crippen LogP contribution in [0.25, 0.3) is 0 Å². The molecule has 0 aliphatic carbocycles. The number of carboxylic acid groups (broad SMARTS) is 1. The fourth-order valence-corrected chi connectivity index (χ4v) is 5.46. The van der Waals surface area contributed by atoms with Crippen molar-refractivity contribution in [1.82, 2.24) is 10.6 Å². The Balaban J connectivity index is 1.83. The lowest BCUT2D eigenvalue weighted by atomic mass is 9.88. The second-order valence-electron chi connectivity index (χ2n) is 11.3. The van der Waals surface area contributed by atoms with Crippen LogP contribution in [-0.2, 0) is 38.1 Å². The number of nitrogens with one attached hydrogen (secondary N) is 2. The molecule has 0 aromatic carbocycles. The summed E-state index contributed by atoms with van der Waals surface area (Å²) < 4.78 is 27.2. The van der Waals surface area contributed by atoms with Gasteiger partial charge in [0.25, 0.3) is 5.79 Å². The smallest absolute Gasteiger partial charge is 0.364 e. The van der Waals surface area contributed by atoms with Crippen molar-refractivity contribution in [1.29, 1.82) is 0 Å². The first-order chi connectivity index (χ1) is 21.5. The lowest BCUT2D eigenvalue weighted by Gasteiger charge is -2.48. The highest BCUT2D eigenvalue weighted by Gasteiger charge is 2.57. The van der Waals surface area contributed by atoms with Crippen LogP contribution >= 0.6 is 0 Å². The summed E-state index contributed by atoms with van der Waals surface area (Å²) >= 11 is 0. The molecular formula is C25H42N2O19. The van der Waals surface area contributed by atoms with Gasteiger partial charge in [-0.25, -0.2) is 4.79 Å². The summed E-state index contributed by atoms with van der Waals surface area (Å²) in [4.78, 5) is 35.7. The minimum Gasteiger partial charge on any atom is -0.477 e. The number of carbonyl (C=O) groups excluding carboxylic acids is 2. The Bertz CT molecular complexity index is 1050. The second-order valence-corrected chi connectivity index (χ2v) is 11.3. The number of amides is 2. The number of hydrogen-bond donors (Lipinski definition) is 13. The highest BCUT2D eigenvalue weighted by atomic mass is 16.8. The van der Waals surface area contributed by atoms with Gasteiger partial charge in [0.2, 0.25) is 11.8 Å². The van der Waals surface area contributed by atoms with Gasteiger partial charge in [-0.1, -0.05) is 0 Å². The molecule has 0 radical (unpaired) electrons. The van der Waals surface area contributed by atoms with Gasteiger partial charge in [-0.15, -0.1) is 0 Å². The van der Waals surface area contributed by atoms with E-state index in [4.69, 9.17) is 23.7 Å². The zero-order valence-electron chi connectivity index (χ0n) is 24.7. The van der Waals surface area contributed by atoms with Crippen LogP contribution in [0, 0.1) is 0 Å². The van der Waals surface area contributed by atoms with Gasteiger partial charge in [0.15, 0.2) is 12.6 Å². The highest BCUT2D eigenvalue weighted by Crippen LogP contribution is 2.35. The quantitative estimate of drug-likeness (QED) is 0.0913. The fraction of sp³-hybridized carbons (Fsp3) is 0.880. The van der Waals surface area contributed by atoms with E-state index in [1.165, 1.54) is 0 Å². The Morgan fingerprint density at radius 3 is 2.02 bits per heavy atom. The molecule has 0 spiro atoms. The highest BCUT2D eigenvalue weighted by molar-refractivity contribution is 5.76. The van der Waals surface area contributed by atoms with E-state index >= 15 is 0 Å². The van der Waals surface area contributed by atoms with Gasteiger partial charge >= 0.3 is 5.97 Å². The maximum atomic E-state index is 12.4. The summed E-state index contributed by atoms with van der Waals surface area (Å²) in [5.41, 5.74) is 0. The maximum Gasteiger partial charge on any atom is 0.364 e. The SMILES string of the molecule is CC(=O)N[C@H]1[C@H]([C@H](O)[C@H](O)CO)O[C@@](OC[C@@H]2O[C@@H](O[C@H]3[C@H](O)[C@H](NC(C)=O)[C@H](O)O[C@H]3CO)[C@@H](O)[C@@H](O)[C@H]2O)(C(=O)O)C[C@H]1O. The van der Waals surface area contributed by atoms with Crippen molar-refractivity contribution in [3.63, 3.8) is 0 Å². The molecular weight excluding hydrogens is 632 g/mol. The molecule has 3 rings (SSSR count). The standard InChI is InChI=1S/C25H42N2O19/c1-7(30)26-13-9(32)3-25(24(40)41,46-21(13)15(34)10(33)4-28)42-6-12-16(35)18(37)19(38)23(44-12)45-20-11(5-29)43-22(39)14(17(20)36)27-8(2)31/h9-23,28-29,32-39H,3-6H2,1-2H3,(H,26,30)(H,27,31)(H,40,41)/t9-,10-,11+,12+,13-,14+,15-,16+,17-,18+,19+,20-,21-,22-,23+,25-/m1/s1. The molecule has 46 heavy (non-hydrogen) atoms. The third-order valence-corrected chi connectivity index (χ3v) is 7.87. The van der Waals surface area contributed by atoms with Crippen molar-refractivity contribution in [2.24, 2.45) is 0 Å². The van der Waals surface area contributed by atoms with Crippen LogP contribution in [0.3, 0.4) is 0 Å². The van der Waals surface area contributed by atoms with E-state index in [1.807, 2.05) is 0 Å². The maximum absolute atomic E-state index is 12.4. The summed E-state index contributed by atoms with van der Waals surface area (Å²) in [5.74, 6) is -6.12. The lowest BCUT2D eigenvalue weighted by molar-refractivity contribution is -0.358. The van der Waals surface area contributed by atoms with E-state index < -0.39 is 142 Å². The first-order valence-corrected chi connectivity index (χ1v) is 14.2. The summed E-state index contributed by atoms with van der Waals surface area (Å²) in [7, 11) is 0. The molecule has 3 aliphatic rings. The molecule has 21 nitrogen and oxygen atoms in total. The first-order valence-electron chi connectivity index (χ1n) is 14.2. The average molecular weight is 675 g/mol. The molecule has 0 bridgehead atoms. The number of carboxylic acids is 1. The largest absolute Gasteiger partial charge is 0.477 e. The molecule has 0 unspecified atom stereocenters. The van der Waals surface area contributed by atoms with Crippen molar-refractivity contribution < 1.29 is 94.2 Å². The van der Waals surface area contributed by atoms with Gasteiger partial charge < -0.3 is 90.5 Å². The van der Waals surface area contributed by atoms with Crippen LogP contribution in [0.15, 0.2) is 0 Å². The summed E-state index contributed by atoms with van der Waals surface area (Å²) in [6.45, 7) is -0.695. The first kappa shape index (κ1) is 38.3. The average Bonchev–Trinajstić information content (AvgIpc) is 2.99. The molecule has 21 heteroatoms. The van der Waals surface area contributed by atoms with E-state index in [9.17, 15) is 70.6 Å². The van der Waals surface area contributed by atoms with Crippen LogP contribution in [-0.4, -0.2) is 191 Å². The number of rotatable bonds is 12. The molecule has 3 fully saturated rings. The van der Waals surface area contributed by atoms with E-state index in [0.717, 1.165) is 13.8 Å². The molecule has 0 aromatic rings. The molecule has 0 saturated carbocycles. The monoisotopic (exact) mass is 674 g/mol. The Kier molecular flexibility index (Phi) is 13.1. The fourth-order valence-electron chi connectivity index (χ4n) is 5.46. The normalized spacial score (nSPS) is 42.9. The van der Waals surface area contributed by atoms with Crippen molar-refractivity contribution in [3.8, 4) is 0 Å². The van der Waals surface area contributed by atoms with Gasteiger partial charge in [0.05, 0.1) is 32.0 Å². The molecule has 13 N–H and O–H groups in total. The Morgan fingerprint density at radius 2 is 1.48 bits per heavy atom. The number of hydrogen-bond acceptors (Lipinski definition) is 18. The third-order valence-electron chi connectivity index (χ3n) is 7.87. The van der Waals surface area contributed by atoms with Crippen molar-refractivity contribution in [3.05, 3.63) is 0 Å². The van der Waals surface area contributed by atoms with Gasteiger partial charge in [0, 0.05) is 20.3 Å². The van der Waals surface area contributed by atoms with Gasteiger partial charge in [0.1, 0.15) is 67.1 Å². The second kappa shape index (κ2) is 15.8. The topological polar surface area (TPSA) is 344 Å². The minimum absolute atomic E-state index is 0.677. The van der Waals surface area contributed by atoms with Crippen molar-refractivity contribution >= 4 is 17.8 Å². The van der Waals surface area contributed by atoms with Crippen LogP contribution in [0.4, 0.5) is 0 Å². The molecule has 3 saturated heterocycles. The van der Waals surface area contributed by atoms with Crippen LogP contribution in [0.2, 0.25) is 0 Å². The number of carbonyl (C=O) groups is 3. The van der Waals surface area contributed by atoms with E-state index in [2.05, 4.69) is 10.6 Å². The summed E-state index contributed by atoms with van der Waals surface area (Å²) in [5, 5.41) is 117. The molecule has 0 aromatic heterocycles. The van der Waals surface area contributed by atoms with Crippen LogP contribution in [0.1, 0.15) is 20.3 Å².